The van der Waals surface area contributed by atoms with Crippen LogP contribution in [-0.2, 0) is 17.8 Å². The highest BCUT2D eigenvalue weighted by Gasteiger charge is 2.23. The Morgan fingerprint density at radius 1 is 1.69 bits per heavy atom. The SMILES string of the molecule is O=C(O)[C@@H]1Cc2ncccc2CN1. The lowest BCUT2D eigenvalue weighted by Crippen LogP contribution is -2.41. The number of hydrogen-bond acceptors (Lipinski definition) is 3. The van der Waals surface area contributed by atoms with Crippen LogP contribution in [-0.4, -0.2) is 22.1 Å². The van der Waals surface area contributed by atoms with Gasteiger partial charge in [0.2, 0.25) is 0 Å². The van der Waals surface area contributed by atoms with Gasteiger partial charge in [0, 0.05) is 24.9 Å². The van der Waals surface area contributed by atoms with Gasteiger partial charge in [-0.05, 0) is 11.6 Å². The highest BCUT2D eigenvalue weighted by Crippen LogP contribution is 2.13. The Labute approximate surface area is 75.6 Å². The zero-order valence-corrected chi connectivity index (χ0v) is 7.03. The monoisotopic (exact) mass is 178 g/mol. The number of aromatic nitrogens is 1. The third-order valence-corrected chi connectivity index (χ3v) is 2.22. The number of pyridine rings is 1. The molecule has 0 aliphatic carbocycles. The third-order valence-electron chi connectivity index (χ3n) is 2.22. The second-order valence-electron chi connectivity index (χ2n) is 3.09. The molecule has 0 unspecified atom stereocenters. The summed E-state index contributed by atoms with van der Waals surface area (Å²) in [6, 6.07) is 3.34. The average Bonchev–Trinajstić information content (AvgIpc) is 2.17. The van der Waals surface area contributed by atoms with E-state index in [0.717, 1.165) is 11.3 Å². The molecule has 0 aromatic carbocycles. The number of nitrogens with zero attached hydrogens (tertiary/aromatic N) is 1. The molecule has 0 saturated heterocycles. The molecule has 1 atom stereocenters. The maximum atomic E-state index is 10.7. The first-order valence-corrected chi connectivity index (χ1v) is 4.16. The van der Waals surface area contributed by atoms with Crippen LogP contribution in [0.25, 0.3) is 0 Å². The smallest absolute Gasteiger partial charge is 0.321 e. The summed E-state index contributed by atoms with van der Waals surface area (Å²) < 4.78 is 0. The first kappa shape index (κ1) is 8.19. The molecule has 2 rings (SSSR count). The van der Waals surface area contributed by atoms with E-state index in [-0.39, 0.29) is 0 Å². The van der Waals surface area contributed by atoms with Crippen LogP contribution in [0, 0.1) is 0 Å². The fraction of sp³-hybridized carbons (Fsp3) is 0.333. The molecule has 4 nitrogen and oxygen atoms in total. The highest BCUT2D eigenvalue weighted by atomic mass is 16.4. The maximum absolute atomic E-state index is 10.7. The van der Waals surface area contributed by atoms with Crippen LogP contribution in [0.15, 0.2) is 18.3 Å². The summed E-state index contributed by atoms with van der Waals surface area (Å²) >= 11 is 0. The topological polar surface area (TPSA) is 62.2 Å². The lowest BCUT2D eigenvalue weighted by molar-refractivity contribution is -0.139. The largest absolute Gasteiger partial charge is 0.480 e. The second kappa shape index (κ2) is 3.14. The zero-order chi connectivity index (χ0) is 9.26. The Kier molecular flexibility index (Phi) is 1.98. The number of nitrogens with one attached hydrogen (secondary N) is 1. The van der Waals surface area contributed by atoms with Crippen LogP contribution in [0.1, 0.15) is 11.3 Å². The molecule has 2 heterocycles. The van der Waals surface area contributed by atoms with E-state index in [0.29, 0.717) is 13.0 Å². The van der Waals surface area contributed by atoms with E-state index in [2.05, 4.69) is 10.3 Å². The summed E-state index contributed by atoms with van der Waals surface area (Å²) in [5, 5.41) is 11.7. The number of fused-ring (bicyclic) bond motifs is 1. The van der Waals surface area contributed by atoms with Crippen LogP contribution in [0.3, 0.4) is 0 Å². The van der Waals surface area contributed by atoms with Crippen molar-refractivity contribution >= 4 is 5.97 Å². The van der Waals surface area contributed by atoms with Crippen molar-refractivity contribution in [3.8, 4) is 0 Å². The van der Waals surface area contributed by atoms with E-state index in [9.17, 15) is 4.79 Å². The van der Waals surface area contributed by atoms with Crippen molar-refractivity contribution in [2.45, 2.75) is 19.0 Å². The van der Waals surface area contributed by atoms with Crippen LogP contribution >= 0.6 is 0 Å². The van der Waals surface area contributed by atoms with Gasteiger partial charge in [-0.25, -0.2) is 0 Å². The van der Waals surface area contributed by atoms with E-state index < -0.39 is 12.0 Å². The summed E-state index contributed by atoms with van der Waals surface area (Å²) in [6.45, 7) is 0.597. The van der Waals surface area contributed by atoms with Gasteiger partial charge >= 0.3 is 5.97 Å². The zero-order valence-electron chi connectivity index (χ0n) is 7.03. The average molecular weight is 178 g/mol. The maximum Gasteiger partial charge on any atom is 0.321 e. The van der Waals surface area contributed by atoms with Gasteiger partial charge in [0.15, 0.2) is 0 Å². The van der Waals surface area contributed by atoms with Crippen molar-refractivity contribution in [2.24, 2.45) is 0 Å². The molecule has 1 aliphatic heterocycles. The molecule has 0 saturated carbocycles. The van der Waals surface area contributed by atoms with Gasteiger partial charge in [-0.15, -0.1) is 0 Å². The van der Waals surface area contributed by atoms with Crippen LogP contribution in [0.5, 0.6) is 0 Å². The lowest BCUT2D eigenvalue weighted by atomic mass is 10.0. The molecule has 68 valence electrons. The molecule has 0 bridgehead atoms. The van der Waals surface area contributed by atoms with Crippen molar-refractivity contribution in [3.63, 3.8) is 0 Å². The van der Waals surface area contributed by atoms with E-state index in [1.807, 2.05) is 12.1 Å². The Balaban J connectivity index is 2.24. The third kappa shape index (κ3) is 1.53. The first-order chi connectivity index (χ1) is 6.27. The number of carboxylic acids is 1. The molecular formula is C9H10N2O2. The predicted octanol–water partition coefficient (Wildman–Crippen LogP) is 0.180. The number of hydrogen-bond donors (Lipinski definition) is 2. The van der Waals surface area contributed by atoms with E-state index in [1.54, 1.807) is 6.20 Å². The summed E-state index contributed by atoms with van der Waals surface area (Å²) in [6.07, 6.45) is 2.18. The van der Waals surface area contributed by atoms with Gasteiger partial charge in [0.05, 0.1) is 0 Å². The molecule has 2 N–H and O–H groups in total. The van der Waals surface area contributed by atoms with Crippen LogP contribution < -0.4 is 5.32 Å². The molecule has 4 heteroatoms. The van der Waals surface area contributed by atoms with Gasteiger partial charge in [-0.3, -0.25) is 15.1 Å². The summed E-state index contributed by atoms with van der Waals surface area (Å²) in [7, 11) is 0. The number of carbonyl (C=O) groups is 1. The van der Waals surface area contributed by atoms with Gasteiger partial charge < -0.3 is 5.11 Å². The molecule has 1 aromatic heterocycles. The Bertz CT molecular complexity index is 338. The minimum absolute atomic E-state index is 0.478. The molecule has 0 radical (unpaired) electrons. The fourth-order valence-electron chi connectivity index (χ4n) is 1.49. The van der Waals surface area contributed by atoms with Crippen molar-refractivity contribution in [1.29, 1.82) is 0 Å². The number of carboxylic acid groups (broad SMARTS) is 1. The minimum Gasteiger partial charge on any atom is -0.480 e. The second-order valence-corrected chi connectivity index (χ2v) is 3.09. The summed E-state index contributed by atoms with van der Waals surface area (Å²) in [5.74, 6) is -0.809. The molecular weight excluding hydrogens is 168 g/mol. The predicted molar refractivity (Wildman–Crippen MR) is 46.2 cm³/mol. The summed E-state index contributed by atoms with van der Waals surface area (Å²) in [5.41, 5.74) is 1.99. The molecule has 0 fully saturated rings. The molecule has 0 amide bonds. The number of rotatable bonds is 1. The van der Waals surface area contributed by atoms with Gasteiger partial charge in [0.25, 0.3) is 0 Å². The van der Waals surface area contributed by atoms with Crippen LogP contribution in [0.4, 0.5) is 0 Å². The van der Waals surface area contributed by atoms with Crippen molar-refractivity contribution < 1.29 is 9.90 Å². The fourth-order valence-corrected chi connectivity index (χ4v) is 1.49. The first-order valence-electron chi connectivity index (χ1n) is 4.16. The van der Waals surface area contributed by atoms with Crippen molar-refractivity contribution in [2.75, 3.05) is 0 Å². The van der Waals surface area contributed by atoms with E-state index in [4.69, 9.17) is 5.11 Å². The van der Waals surface area contributed by atoms with Gasteiger partial charge in [-0.1, -0.05) is 6.07 Å². The normalized spacial score (nSPS) is 20.8. The molecule has 1 aliphatic rings. The molecule has 13 heavy (non-hydrogen) atoms. The lowest BCUT2D eigenvalue weighted by Gasteiger charge is -2.21. The Morgan fingerprint density at radius 2 is 2.54 bits per heavy atom. The molecule has 1 aromatic rings. The summed E-state index contributed by atoms with van der Waals surface area (Å²) in [4.78, 5) is 14.8. The van der Waals surface area contributed by atoms with Crippen molar-refractivity contribution in [3.05, 3.63) is 29.6 Å². The Morgan fingerprint density at radius 3 is 3.31 bits per heavy atom. The van der Waals surface area contributed by atoms with Gasteiger partial charge in [0.1, 0.15) is 6.04 Å². The van der Waals surface area contributed by atoms with Crippen molar-refractivity contribution in [1.82, 2.24) is 10.3 Å². The number of aliphatic carboxylic acids is 1. The highest BCUT2D eigenvalue weighted by molar-refractivity contribution is 5.74. The molecule has 0 spiro atoms. The van der Waals surface area contributed by atoms with Crippen LogP contribution in [0.2, 0.25) is 0 Å². The standard InChI is InChI=1S/C9H10N2O2/c12-9(13)8-4-7-6(5-11-8)2-1-3-10-7/h1-3,8,11H,4-5H2,(H,12,13)/t8-/m0/s1. The van der Waals surface area contributed by atoms with Gasteiger partial charge in [-0.2, -0.15) is 0 Å². The quantitative estimate of drug-likeness (QED) is 0.644. The van der Waals surface area contributed by atoms with E-state index >= 15 is 0 Å². The van der Waals surface area contributed by atoms with E-state index in [1.165, 1.54) is 0 Å². The Hall–Kier alpha value is -1.42. The minimum atomic E-state index is -0.809.